The number of aryl methyl sites for hydroxylation is 1. The minimum atomic E-state index is -3.78. The van der Waals surface area contributed by atoms with Crippen molar-refractivity contribution >= 4 is 15.9 Å². The summed E-state index contributed by atoms with van der Waals surface area (Å²) in [6.45, 7) is 2.55. The predicted molar refractivity (Wildman–Crippen MR) is 75.8 cm³/mol. The van der Waals surface area contributed by atoms with Crippen molar-refractivity contribution < 1.29 is 13.2 Å². The van der Waals surface area contributed by atoms with E-state index in [2.05, 4.69) is 5.32 Å². The first-order valence-corrected chi connectivity index (χ1v) is 8.50. The minimum Gasteiger partial charge on any atom is -0.348 e. The Hall–Kier alpha value is -1.34. The summed E-state index contributed by atoms with van der Waals surface area (Å²) in [5.74, 6) is -0.222. The highest BCUT2D eigenvalue weighted by molar-refractivity contribution is 7.89. The molecule has 7 heteroatoms. The van der Waals surface area contributed by atoms with Crippen LogP contribution in [0.4, 0.5) is 0 Å². The Morgan fingerprint density at radius 1 is 1.45 bits per heavy atom. The van der Waals surface area contributed by atoms with Gasteiger partial charge in [-0.15, -0.1) is 0 Å². The molecule has 1 amide bonds. The Morgan fingerprint density at radius 2 is 2.10 bits per heavy atom. The van der Waals surface area contributed by atoms with Crippen LogP contribution in [0.25, 0.3) is 0 Å². The highest BCUT2D eigenvalue weighted by Gasteiger charge is 2.22. The molecule has 20 heavy (non-hydrogen) atoms. The van der Waals surface area contributed by atoms with E-state index < -0.39 is 10.0 Å². The highest BCUT2D eigenvalue weighted by Crippen LogP contribution is 2.19. The van der Waals surface area contributed by atoms with Crippen molar-refractivity contribution in [2.24, 2.45) is 5.14 Å². The molecule has 0 aromatic carbocycles. The number of nitrogens with one attached hydrogen (secondary N) is 1. The van der Waals surface area contributed by atoms with E-state index in [1.54, 1.807) is 4.57 Å². The summed E-state index contributed by atoms with van der Waals surface area (Å²) in [6.07, 6.45) is 6.47. The van der Waals surface area contributed by atoms with E-state index in [1.807, 2.05) is 6.92 Å². The van der Waals surface area contributed by atoms with E-state index in [1.165, 1.54) is 12.3 Å². The van der Waals surface area contributed by atoms with Crippen LogP contribution in [0.5, 0.6) is 0 Å². The maximum atomic E-state index is 12.3. The van der Waals surface area contributed by atoms with E-state index in [-0.39, 0.29) is 16.8 Å². The predicted octanol–water partition coefficient (Wildman–Crippen LogP) is 1.22. The molecular formula is C13H21N3O3S. The molecule has 3 N–H and O–H groups in total. The van der Waals surface area contributed by atoms with Crippen molar-refractivity contribution in [2.45, 2.75) is 56.5 Å². The molecule has 0 bridgehead atoms. The summed E-state index contributed by atoms with van der Waals surface area (Å²) in [5.41, 5.74) is 0.364. The molecule has 1 aliphatic carbocycles. The SMILES string of the molecule is CCCn1cc(S(N)(=O)=O)cc1C(=O)NC1CCCC1. The van der Waals surface area contributed by atoms with Crippen LogP contribution in [0, 0.1) is 0 Å². The minimum absolute atomic E-state index is 0.0116. The Labute approximate surface area is 119 Å². The molecule has 1 fully saturated rings. The molecule has 0 unspecified atom stereocenters. The molecule has 1 saturated carbocycles. The molecule has 112 valence electrons. The molecule has 1 aliphatic rings. The van der Waals surface area contributed by atoms with Crippen LogP contribution in [-0.4, -0.2) is 24.9 Å². The van der Waals surface area contributed by atoms with Crippen molar-refractivity contribution in [1.82, 2.24) is 9.88 Å². The van der Waals surface area contributed by atoms with Crippen LogP contribution in [0.2, 0.25) is 0 Å². The van der Waals surface area contributed by atoms with Crippen LogP contribution in [0.15, 0.2) is 17.2 Å². The van der Waals surface area contributed by atoms with Gasteiger partial charge < -0.3 is 9.88 Å². The average molecular weight is 299 g/mol. The standard InChI is InChI=1S/C13H21N3O3S/c1-2-7-16-9-11(20(14,18)19)8-12(16)13(17)15-10-5-3-4-6-10/h8-10H,2-7H2,1H3,(H,15,17)(H2,14,18,19). The monoisotopic (exact) mass is 299 g/mol. The Morgan fingerprint density at radius 3 is 2.65 bits per heavy atom. The maximum Gasteiger partial charge on any atom is 0.268 e. The third-order valence-corrected chi connectivity index (χ3v) is 4.47. The summed E-state index contributed by atoms with van der Waals surface area (Å²) in [6, 6.07) is 1.56. The Kier molecular flexibility index (Phi) is 4.49. The average Bonchev–Trinajstić information content (AvgIpc) is 2.97. The van der Waals surface area contributed by atoms with E-state index in [0.717, 1.165) is 32.1 Å². The van der Waals surface area contributed by atoms with Gasteiger partial charge in [0.15, 0.2) is 0 Å². The summed E-state index contributed by atoms with van der Waals surface area (Å²) in [5, 5.41) is 8.09. The summed E-state index contributed by atoms with van der Waals surface area (Å²) in [4.78, 5) is 12.3. The van der Waals surface area contributed by atoms with Crippen molar-refractivity contribution in [3.05, 3.63) is 18.0 Å². The number of carbonyl (C=O) groups excluding carboxylic acids is 1. The summed E-state index contributed by atoms with van der Waals surface area (Å²) in [7, 11) is -3.78. The van der Waals surface area contributed by atoms with Gasteiger partial charge in [-0.05, 0) is 25.3 Å². The highest BCUT2D eigenvalue weighted by atomic mass is 32.2. The number of amides is 1. The first-order chi connectivity index (χ1) is 9.41. The third-order valence-electron chi connectivity index (χ3n) is 3.59. The molecule has 0 spiro atoms. The van der Waals surface area contributed by atoms with Gasteiger partial charge in [0.2, 0.25) is 10.0 Å². The van der Waals surface area contributed by atoms with Gasteiger partial charge in [-0.1, -0.05) is 19.8 Å². The largest absolute Gasteiger partial charge is 0.348 e. The van der Waals surface area contributed by atoms with E-state index >= 15 is 0 Å². The number of carbonyl (C=O) groups is 1. The quantitative estimate of drug-likeness (QED) is 0.856. The molecule has 1 aromatic heterocycles. The lowest BCUT2D eigenvalue weighted by molar-refractivity contribution is 0.0928. The summed E-state index contributed by atoms with van der Waals surface area (Å²) >= 11 is 0. The molecule has 2 rings (SSSR count). The van der Waals surface area contributed by atoms with Crippen LogP contribution in [0.3, 0.4) is 0 Å². The summed E-state index contributed by atoms with van der Waals surface area (Å²) < 4.78 is 24.5. The van der Waals surface area contributed by atoms with Crippen molar-refractivity contribution in [3.8, 4) is 0 Å². The number of hydrogen-bond donors (Lipinski definition) is 2. The van der Waals surface area contributed by atoms with Crippen molar-refractivity contribution in [2.75, 3.05) is 0 Å². The number of rotatable bonds is 5. The molecular weight excluding hydrogens is 278 g/mol. The fraction of sp³-hybridized carbons (Fsp3) is 0.615. The number of aromatic nitrogens is 1. The van der Waals surface area contributed by atoms with Crippen LogP contribution < -0.4 is 10.5 Å². The number of primary sulfonamides is 1. The molecule has 1 heterocycles. The topological polar surface area (TPSA) is 94.2 Å². The zero-order valence-electron chi connectivity index (χ0n) is 11.6. The van der Waals surface area contributed by atoms with Gasteiger partial charge in [0, 0.05) is 18.8 Å². The van der Waals surface area contributed by atoms with Gasteiger partial charge in [-0.2, -0.15) is 0 Å². The molecule has 1 aromatic rings. The van der Waals surface area contributed by atoms with Gasteiger partial charge in [0.1, 0.15) is 10.6 Å². The molecule has 0 saturated heterocycles. The van der Waals surface area contributed by atoms with Crippen molar-refractivity contribution in [3.63, 3.8) is 0 Å². The lowest BCUT2D eigenvalue weighted by Gasteiger charge is -2.13. The number of sulfonamides is 1. The number of nitrogens with two attached hydrogens (primary N) is 1. The van der Waals surface area contributed by atoms with Crippen molar-refractivity contribution in [1.29, 1.82) is 0 Å². The van der Waals surface area contributed by atoms with Crippen LogP contribution >= 0.6 is 0 Å². The second kappa shape index (κ2) is 5.97. The molecule has 0 atom stereocenters. The zero-order valence-corrected chi connectivity index (χ0v) is 12.4. The Balaban J connectivity index is 2.23. The maximum absolute atomic E-state index is 12.3. The Bertz CT molecular complexity index is 586. The molecule has 0 radical (unpaired) electrons. The van der Waals surface area contributed by atoms with Gasteiger partial charge >= 0.3 is 0 Å². The fourth-order valence-electron chi connectivity index (χ4n) is 2.59. The van der Waals surface area contributed by atoms with Gasteiger partial charge in [-0.3, -0.25) is 4.79 Å². The van der Waals surface area contributed by atoms with E-state index in [0.29, 0.717) is 12.2 Å². The van der Waals surface area contributed by atoms with Crippen LogP contribution in [-0.2, 0) is 16.6 Å². The smallest absolute Gasteiger partial charge is 0.268 e. The number of hydrogen-bond acceptors (Lipinski definition) is 3. The molecule has 6 nitrogen and oxygen atoms in total. The van der Waals surface area contributed by atoms with Gasteiger partial charge in [0.05, 0.1) is 0 Å². The van der Waals surface area contributed by atoms with Crippen LogP contribution in [0.1, 0.15) is 49.5 Å². The second-order valence-electron chi connectivity index (χ2n) is 5.25. The lowest BCUT2D eigenvalue weighted by Crippen LogP contribution is -2.33. The second-order valence-corrected chi connectivity index (χ2v) is 6.82. The lowest BCUT2D eigenvalue weighted by atomic mass is 10.2. The molecule has 0 aliphatic heterocycles. The van der Waals surface area contributed by atoms with Gasteiger partial charge in [0.25, 0.3) is 5.91 Å². The van der Waals surface area contributed by atoms with E-state index in [4.69, 9.17) is 5.14 Å². The van der Waals surface area contributed by atoms with Gasteiger partial charge in [-0.25, -0.2) is 13.6 Å². The first-order valence-electron chi connectivity index (χ1n) is 6.95. The van der Waals surface area contributed by atoms with E-state index in [9.17, 15) is 13.2 Å². The zero-order chi connectivity index (χ0) is 14.8. The third kappa shape index (κ3) is 3.40. The first kappa shape index (κ1) is 15.1. The number of nitrogens with zero attached hydrogens (tertiary/aromatic N) is 1. The fourth-order valence-corrected chi connectivity index (χ4v) is 3.14. The normalized spacial score (nSPS) is 16.5.